The van der Waals surface area contributed by atoms with Crippen LogP contribution in [0.4, 0.5) is 0 Å². The van der Waals surface area contributed by atoms with Crippen LogP contribution in [-0.4, -0.2) is 34.6 Å². The van der Waals surface area contributed by atoms with Crippen LogP contribution in [0.3, 0.4) is 0 Å². The fraction of sp³-hybridized carbons (Fsp3) is 0.462. The Balaban J connectivity index is 2.10. The van der Waals surface area contributed by atoms with Gasteiger partial charge < -0.3 is 10.8 Å². The van der Waals surface area contributed by atoms with E-state index < -0.39 is 18.1 Å². The molecule has 1 aromatic rings. The van der Waals surface area contributed by atoms with Crippen molar-refractivity contribution in [2.45, 2.75) is 31.5 Å². The van der Waals surface area contributed by atoms with E-state index in [1.54, 1.807) is 0 Å². The molecule has 1 amide bonds. The van der Waals surface area contributed by atoms with Crippen LogP contribution in [0.5, 0.6) is 0 Å². The maximum absolute atomic E-state index is 11.4. The molecule has 1 aliphatic heterocycles. The van der Waals surface area contributed by atoms with Gasteiger partial charge in [-0.2, -0.15) is 0 Å². The lowest BCUT2D eigenvalue weighted by Crippen LogP contribution is -2.54. The zero-order chi connectivity index (χ0) is 12.3. The van der Waals surface area contributed by atoms with Gasteiger partial charge in [0.25, 0.3) is 0 Å². The summed E-state index contributed by atoms with van der Waals surface area (Å²) in [5, 5.41) is 9.85. The lowest BCUT2D eigenvalue weighted by atomic mass is 9.97. The summed E-state index contributed by atoms with van der Waals surface area (Å²) in [6.45, 7) is 1.46. The first-order valence-corrected chi connectivity index (χ1v) is 5.94. The predicted molar refractivity (Wildman–Crippen MR) is 65.1 cm³/mol. The Morgan fingerprint density at radius 3 is 2.76 bits per heavy atom. The number of hydrogen-bond donors (Lipinski definition) is 2. The number of nitrogens with zero attached hydrogens (tertiary/aromatic N) is 1. The van der Waals surface area contributed by atoms with Crippen LogP contribution < -0.4 is 5.73 Å². The minimum Gasteiger partial charge on any atom is -0.391 e. The van der Waals surface area contributed by atoms with Crippen LogP contribution in [-0.2, 0) is 11.3 Å². The first kappa shape index (κ1) is 12.1. The number of amides is 1. The van der Waals surface area contributed by atoms with Crippen LogP contribution in [0, 0.1) is 0 Å². The van der Waals surface area contributed by atoms with E-state index in [2.05, 4.69) is 0 Å². The molecule has 4 nitrogen and oxygen atoms in total. The Bertz CT molecular complexity index is 380. The first-order chi connectivity index (χ1) is 8.18. The molecule has 92 valence electrons. The molecule has 2 rings (SSSR count). The van der Waals surface area contributed by atoms with Crippen LogP contribution in [0.25, 0.3) is 0 Å². The van der Waals surface area contributed by atoms with Crippen LogP contribution in [0.15, 0.2) is 30.3 Å². The van der Waals surface area contributed by atoms with Crippen molar-refractivity contribution >= 4 is 5.91 Å². The standard InChI is InChI=1S/C13H18N2O2/c14-13(17)12-11(16)7-4-8-15(12)9-10-5-2-1-3-6-10/h1-3,5-6,11-12,16H,4,7-9H2,(H2,14,17). The van der Waals surface area contributed by atoms with E-state index in [1.165, 1.54) is 0 Å². The lowest BCUT2D eigenvalue weighted by molar-refractivity contribution is -0.130. The van der Waals surface area contributed by atoms with Crippen LogP contribution in [0.1, 0.15) is 18.4 Å². The zero-order valence-electron chi connectivity index (χ0n) is 9.75. The van der Waals surface area contributed by atoms with Crippen LogP contribution in [0.2, 0.25) is 0 Å². The number of aliphatic hydroxyl groups is 1. The van der Waals surface area contributed by atoms with E-state index in [4.69, 9.17) is 5.73 Å². The Labute approximate surface area is 101 Å². The van der Waals surface area contributed by atoms with Gasteiger partial charge in [0.2, 0.25) is 5.91 Å². The van der Waals surface area contributed by atoms with Gasteiger partial charge in [0.15, 0.2) is 0 Å². The molecule has 4 heteroatoms. The average Bonchev–Trinajstić information content (AvgIpc) is 2.30. The van der Waals surface area contributed by atoms with E-state index in [0.717, 1.165) is 18.5 Å². The molecular formula is C13H18N2O2. The van der Waals surface area contributed by atoms with Crippen molar-refractivity contribution in [3.8, 4) is 0 Å². The number of hydrogen-bond acceptors (Lipinski definition) is 3. The molecular weight excluding hydrogens is 216 g/mol. The van der Waals surface area contributed by atoms with Crippen molar-refractivity contribution in [2.75, 3.05) is 6.54 Å². The number of likely N-dealkylation sites (tertiary alicyclic amines) is 1. The average molecular weight is 234 g/mol. The van der Waals surface area contributed by atoms with Crippen molar-refractivity contribution in [2.24, 2.45) is 5.73 Å². The number of carbonyl (C=O) groups is 1. The van der Waals surface area contributed by atoms with E-state index in [-0.39, 0.29) is 0 Å². The predicted octanol–water partition coefficient (Wildman–Crippen LogP) is 0.497. The summed E-state index contributed by atoms with van der Waals surface area (Å²) >= 11 is 0. The molecule has 0 bridgehead atoms. The van der Waals surface area contributed by atoms with E-state index >= 15 is 0 Å². The molecule has 1 heterocycles. The topological polar surface area (TPSA) is 66.6 Å². The molecule has 3 N–H and O–H groups in total. The molecule has 1 aromatic carbocycles. The number of piperidine rings is 1. The number of nitrogens with two attached hydrogens (primary N) is 1. The van der Waals surface area contributed by atoms with Crippen molar-refractivity contribution in [3.63, 3.8) is 0 Å². The molecule has 1 aliphatic rings. The number of benzene rings is 1. The third-order valence-electron chi connectivity index (χ3n) is 3.22. The number of primary amides is 1. The van der Waals surface area contributed by atoms with Crippen molar-refractivity contribution in [3.05, 3.63) is 35.9 Å². The summed E-state index contributed by atoms with van der Waals surface area (Å²) in [7, 11) is 0. The van der Waals surface area contributed by atoms with Gasteiger partial charge in [-0.25, -0.2) is 0 Å². The Kier molecular flexibility index (Phi) is 3.76. The molecule has 0 aliphatic carbocycles. The molecule has 1 saturated heterocycles. The van der Waals surface area contributed by atoms with Gasteiger partial charge in [0.1, 0.15) is 6.04 Å². The molecule has 0 radical (unpaired) electrons. The fourth-order valence-electron chi connectivity index (χ4n) is 2.41. The van der Waals surface area contributed by atoms with Gasteiger partial charge in [-0.1, -0.05) is 30.3 Å². The molecule has 2 unspecified atom stereocenters. The van der Waals surface area contributed by atoms with Gasteiger partial charge in [-0.15, -0.1) is 0 Å². The highest BCUT2D eigenvalue weighted by atomic mass is 16.3. The lowest BCUT2D eigenvalue weighted by Gasteiger charge is -2.37. The maximum atomic E-state index is 11.4. The van der Waals surface area contributed by atoms with E-state index in [9.17, 15) is 9.90 Å². The Hall–Kier alpha value is -1.39. The third-order valence-corrected chi connectivity index (χ3v) is 3.22. The highest BCUT2D eigenvalue weighted by Crippen LogP contribution is 2.19. The Morgan fingerprint density at radius 1 is 1.41 bits per heavy atom. The molecule has 1 fully saturated rings. The van der Waals surface area contributed by atoms with Gasteiger partial charge in [-0.3, -0.25) is 9.69 Å². The summed E-state index contributed by atoms with van der Waals surface area (Å²) in [6.07, 6.45) is 0.918. The monoisotopic (exact) mass is 234 g/mol. The highest BCUT2D eigenvalue weighted by Gasteiger charge is 2.34. The van der Waals surface area contributed by atoms with Gasteiger partial charge in [-0.05, 0) is 24.9 Å². The number of carbonyl (C=O) groups excluding carboxylic acids is 1. The fourth-order valence-corrected chi connectivity index (χ4v) is 2.41. The van der Waals surface area contributed by atoms with E-state index in [0.29, 0.717) is 13.0 Å². The van der Waals surface area contributed by atoms with Gasteiger partial charge in [0, 0.05) is 6.54 Å². The first-order valence-electron chi connectivity index (χ1n) is 5.94. The molecule has 0 spiro atoms. The highest BCUT2D eigenvalue weighted by molar-refractivity contribution is 5.80. The van der Waals surface area contributed by atoms with Crippen molar-refractivity contribution < 1.29 is 9.90 Å². The minimum atomic E-state index is -0.634. The maximum Gasteiger partial charge on any atom is 0.237 e. The summed E-state index contributed by atoms with van der Waals surface area (Å²) in [5.41, 5.74) is 6.49. The normalized spacial score (nSPS) is 25.7. The number of aliphatic hydroxyl groups excluding tert-OH is 1. The largest absolute Gasteiger partial charge is 0.391 e. The SMILES string of the molecule is NC(=O)C1C(O)CCCN1Cc1ccccc1. The smallest absolute Gasteiger partial charge is 0.237 e. The number of rotatable bonds is 3. The molecule has 17 heavy (non-hydrogen) atoms. The third kappa shape index (κ3) is 2.84. The molecule has 0 saturated carbocycles. The summed E-state index contributed by atoms with van der Waals surface area (Å²) in [5.74, 6) is -0.437. The minimum absolute atomic E-state index is 0.437. The molecule has 0 aromatic heterocycles. The zero-order valence-corrected chi connectivity index (χ0v) is 9.75. The summed E-state index contributed by atoms with van der Waals surface area (Å²) < 4.78 is 0. The van der Waals surface area contributed by atoms with Gasteiger partial charge in [0.05, 0.1) is 6.10 Å². The van der Waals surface area contributed by atoms with E-state index in [1.807, 2.05) is 35.2 Å². The Morgan fingerprint density at radius 2 is 2.12 bits per heavy atom. The second kappa shape index (κ2) is 5.29. The van der Waals surface area contributed by atoms with Crippen molar-refractivity contribution in [1.29, 1.82) is 0 Å². The summed E-state index contributed by atoms with van der Waals surface area (Å²) in [6, 6.07) is 9.37. The van der Waals surface area contributed by atoms with Gasteiger partial charge >= 0.3 is 0 Å². The second-order valence-corrected chi connectivity index (χ2v) is 4.51. The molecule has 2 atom stereocenters. The van der Waals surface area contributed by atoms with Crippen LogP contribution >= 0.6 is 0 Å². The van der Waals surface area contributed by atoms with Crippen molar-refractivity contribution in [1.82, 2.24) is 4.90 Å². The quantitative estimate of drug-likeness (QED) is 0.800. The summed E-state index contributed by atoms with van der Waals surface area (Å²) in [4.78, 5) is 13.4. The second-order valence-electron chi connectivity index (χ2n) is 4.51.